The lowest BCUT2D eigenvalue weighted by atomic mass is 9.97. The molecule has 0 aliphatic rings. The maximum atomic E-state index is 2.47. The number of thiophene rings is 1. The highest BCUT2D eigenvalue weighted by Crippen LogP contribution is 2.47. The van der Waals surface area contributed by atoms with Gasteiger partial charge in [-0.15, -0.1) is 11.3 Å². The predicted molar refractivity (Wildman–Crippen MR) is 217 cm³/mol. The first-order valence-electron chi connectivity index (χ1n) is 17.1. The average molecular weight is 654 g/mol. The summed E-state index contributed by atoms with van der Waals surface area (Å²) in [6.45, 7) is 0. The molecule has 1 aromatic heterocycles. The Morgan fingerprint density at radius 1 is 0.320 bits per heavy atom. The van der Waals surface area contributed by atoms with Crippen molar-refractivity contribution >= 4 is 80.9 Å². The van der Waals surface area contributed by atoms with Crippen molar-refractivity contribution in [1.82, 2.24) is 0 Å². The van der Waals surface area contributed by atoms with E-state index >= 15 is 0 Å². The summed E-state index contributed by atoms with van der Waals surface area (Å²) < 4.78 is 2.60. The normalized spacial score (nSPS) is 11.6. The molecule has 0 spiro atoms. The predicted octanol–water partition coefficient (Wildman–Crippen LogP) is 14.3. The van der Waals surface area contributed by atoms with Gasteiger partial charge in [-0.3, -0.25) is 0 Å². The van der Waals surface area contributed by atoms with Gasteiger partial charge in [-0.05, 0) is 91.6 Å². The van der Waals surface area contributed by atoms with Gasteiger partial charge in [-0.1, -0.05) is 146 Å². The highest BCUT2D eigenvalue weighted by Gasteiger charge is 2.21. The molecule has 0 fully saturated rings. The third-order valence-electron chi connectivity index (χ3n) is 10.0. The van der Waals surface area contributed by atoms with Crippen molar-refractivity contribution in [3.05, 3.63) is 188 Å². The third-order valence-corrected chi connectivity index (χ3v) is 11.2. The minimum atomic E-state index is 1.13. The molecule has 234 valence electrons. The monoisotopic (exact) mass is 653 g/mol. The Hall–Kier alpha value is -6.22. The largest absolute Gasteiger partial charge is 0.308 e. The van der Waals surface area contributed by atoms with E-state index in [1.54, 1.807) is 0 Å². The van der Waals surface area contributed by atoms with Crippen molar-refractivity contribution in [2.75, 3.05) is 4.90 Å². The van der Waals surface area contributed by atoms with E-state index in [4.69, 9.17) is 0 Å². The van der Waals surface area contributed by atoms with E-state index in [0.29, 0.717) is 0 Å². The number of hydrogen-bond donors (Lipinski definition) is 0. The molecule has 0 unspecified atom stereocenters. The van der Waals surface area contributed by atoms with E-state index in [9.17, 15) is 0 Å². The molecule has 50 heavy (non-hydrogen) atoms. The number of anilines is 3. The second-order valence-electron chi connectivity index (χ2n) is 12.9. The minimum Gasteiger partial charge on any atom is -0.308 e. The fourth-order valence-corrected chi connectivity index (χ4v) is 8.79. The van der Waals surface area contributed by atoms with Gasteiger partial charge in [0.25, 0.3) is 0 Å². The van der Waals surface area contributed by atoms with E-state index in [1.165, 1.54) is 86.1 Å². The van der Waals surface area contributed by atoms with Crippen molar-refractivity contribution in [2.45, 2.75) is 0 Å². The van der Waals surface area contributed by atoms with Crippen molar-refractivity contribution in [3.63, 3.8) is 0 Å². The van der Waals surface area contributed by atoms with Gasteiger partial charge in [0, 0.05) is 26.5 Å². The summed E-state index contributed by atoms with van der Waals surface area (Å²) in [5, 5.41) is 10.1. The quantitative estimate of drug-likeness (QED) is 0.167. The zero-order chi connectivity index (χ0) is 33.0. The van der Waals surface area contributed by atoms with Crippen molar-refractivity contribution in [3.8, 4) is 22.3 Å². The van der Waals surface area contributed by atoms with Crippen LogP contribution >= 0.6 is 11.3 Å². The van der Waals surface area contributed by atoms with E-state index in [2.05, 4.69) is 193 Å². The van der Waals surface area contributed by atoms with Crippen LogP contribution in [0.4, 0.5) is 17.1 Å². The summed E-state index contributed by atoms with van der Waals surface area (Å²) in [5.74, 6) is 0. The van der Waals surface area contributed by atoms with Gasteiger partial charge in [0.2, 0.25) is 0 Å². The SMILES string of the molecule is c1cc(-c2ccc(N(c3cc4ccccc4c4ccccc34)c3cccc4c3sc3ccccc34)cc2)cc(-c2ccc3ccccc3c2)c1. The Bertz CT molecular complexity index is 2880. The highest BCUT2D eigenvalue weighted by molar-refractivity contribution is 7.26. The van der Waals surface area contributed by atoms with Crippen LogP contribution in [0.2, 0.25) is 0 Å². The van der Waals surface area contributed by atoms with Crippen LogP contribution in [0.15, 0.2) is 188 Å². The third kappa shape index (κ3) is 4.76. The fraction of sp³-hybridized carbons (Fsp3) is 0. The highest BCUT2D eigenvalue weighted by atomic mass is 32.1. The first-order chi connectivity index (χ1) is 24.8. The zero-order valence-corrected chi connectivity index (χ0v) is 28.1. The lowest BCUT2D eigenvalue weighted by Crippen LogP contribution is -2.10. The van der Waals surface area contributed by atoms with Crippen molar-refractivity contribution in [1.29, 1.82) is 0 Å². The summed E-state index contributed by atoms with van der Waals surface area (Å²) in [6, 6.07) is 68.8. The van der Waals surface area contributed by atoms with Crippen molar-refractivity contribution in [2.24, 2.45) is 0 Å². The molecule has 0 radical (unpaired) electrons. The number of rotatable bonds is 5. The number of fused-ring (bicyclic) bond motifs is 7. The van der Waals surface area contributed by atoms with Gasteiger partial charge in [0.05, 0.1) is 16.1 Å². The van der Waals surface area contributed by atoms with Gasteiger partial charge in [0.15, 0.2) is 0 Å². The molecule has 10 rings (SSSR count). The lowest BCUT2D eigenvalue weighted by molar-refractivity contribution is 1.32. The van der Waals surface area contributed by atoms with Gasteiger partial charge in [-0.2, -0.15) is 0 Å². The van der Waals surface area contributed by atoms with Crippen LogP contribution in [-0.2, 0) is 0 Å². The molecule has 0 saturated heterocycles. The van der Waals surface area contributed by atoms with Gasteiger partial charge < -0.3 is 4.90 Å². The van der Waals surface area contributed by atoms with E-state index < -0.39 is 0 Å². The standard InChI is InChI=1S/C48H31NS/c1-2-12-34-30-37(24-23-32(34)11-1)36-15-9-14-35(29-36)33-25-27-39(28-26-33)49(45-21-10-20-44-43-19-7-8-22-47(43)50-48(44)45)46-31-38-13-3-4-16-40(38)41-17-5-6-18-42(41)46/h1-31H. The van der Waals surface area contributed by atoms with Gasteiger partial charge >= 0.3 is 0 Å². The molecule has 0 saturated carbocycles. The molecule has 1 nitrogen and oxygen atoms in total. The molecule has 9 aromatic carbocycles. The Kier molecular flexibility index (Phi) is 6.75. The van der Waals surface area contributed by atoms with Crippen LogP contribution in [0.25, 0.3) is 74.7 Å². The van der Waals surface area contributed by atoms with Crippen LogP contribution in [-0.4, -0.2) is 0 Å². The van der Waals surface area contributed by atoms with E-state index in [0.717, 1.165) is 5.69 Å². The second kappa shape index (κ2) is 11.7. The summed E-state index contributed by atoms with van der Waals surface area (Å²) in [5.41, 5.74) is 8.35. The van der Waals surface area contributed by atoms with Crippen LogP contribution in [0.3, 0.4) is 0 Å². The van der Waals surface area contributed by atoms with Gasteiger partial charge in [0.1, 0.15) is 0 Å². The molecule has 1 heterocycles. The Balaban J connectivity index is 1.14. The molecule has 0 atom stereocenters. The second-order valence-corrected chi connectivity index (χ2v) is 14.0. The molecule has 0 amide bonds. The molecule has 2 heteroatoms. The number of hydrogen-bond acceptors (Lipinski definition) is 2. The lowest BCUT2D eigenvalue weighted by Gasteiger charge is -2.28. The molecule has 10 aromatic rings. The van der Waals surface area contributed by atoms with Gasteiger partial charge in [-0.25, -0.2) is 0 Å². The topological polar surface area (TPSA) is 3.24 Å². The first kappa shape index (κ1) is 28.8. The maximum Gasteiger partial charge on any atom is 0.0640 e. The van der Waals surface area contributed by atoms with E-state index in [-0.39, 0.29) is 0 Å². The summed E-state index contributed by atoms with van der Waals surface area (Å²) in [4.78, 5) is 2.47. The van der Waals surface area contributed by atoms with Crippen LogP contribution < -0.4 is 4.90 Å². The molecule has 0 aliphatic carbocycles. The van der Waals surface area contributed by atoms with Crippen molar-refractivity contribution < 1.29 is 0 Å². The molecular weight excluding hydrogens is 623 g/mol. The van der Waals surface area contributed by atoms with Crippen LogP contribution in [0.5, 0.6) is 0 Å². The summed E-state index contributed by atoms with van der Waals surface area (Å²) in [7, 11) is 0. The average Bonchev–Trinajstić information content (AvgIpc) is 3.58. The van der Waals surface area contributed by atoms with Crippen LogP contribution in [0.1, 0.15) is 0 Å². The molecule has 0 bridgehead atoms. The van der Waals surface area contributed by atoms with Crippen LogP contribution in [0, 0.1) is 0 Å². The smallest absolute Gasteiger partial charge is 0.0640 e. The fourth-order valence-electron chi connectivity index (χ4n) is 7.59. The Morgan fingerprint density at radius 2 is 0.920 bits per heavy atom. The van der Waals surface area contributed by atoms with E-state index in [1.807, 2.05) is 11.3 Å². The number of benzene rings is 9. The Labute approximate surface area is 294 Å². The summed E-state index contributed by atoms with van der Waals surface area (Å²) >= 11 is 1.87. The molecule has 0 N–H and O–H groups in total. The minimum absolute atomic E-state index is 1.13. The maximum absolute atomic E-state index is 2.47. The number of nitrogens with zero attached hydrogens (tertiary/aromatic N) is 1. The molecular formula is C48H31NS. The first-order valence-corrected chi connectivity index (χ1v) is 17.9. The summed E-state index contributed by atoms with van der Waals surface area (Å²) in [6.07, 6.45) is 0. The zero-order valence-electron chi connectivity index (χ0n) is 27.3. The Morgan fingerprint density at radius 3 is 1.76 bits per heavy atom. The molecule has 0 aliphatic heterocycles.